The van der Waals surface area contributed by atoms with Gasteiger partial charge >= 0.3 is 5.97 Å². The summed E-state index contributed by atoms with van der Waals surface area (Å²) in [5, 5.41) is 8.43. The summed E-state index contributed by atoms with van der Waals surface area (Å²) in [6, 6.07) is 27.8. The van der Waals surface area contributed by atoms with Gasteiger partial charge in [0.15, 0.2) is 11.5 Å². The van der Waals surface area contributed by atoms with E-state index in [-0.39, 0.29) is 11.5 Å². The topological polar surface area (TPSA) is 115 Å². The number of amides is 1. The minimum Gasteiger partial charge on any atom is -0.493 e. The third-order valence-electron chi connectivity index (χ3n) is 6.10. The van der Waals surface area contributed by atoms with Gasteiger partial charge in [-0.15, -0.1) is 0 Å². The van der Waals surface area contributed by atoms with E-state index in [1.165, 1.54) is 25.7 Å². The van der Waals surface area contributed by atoms with E-state index < -0.39 is 17.4 Å². The van der Waals surface area contributed by atoms with Gasteiger partial charge in [0.2, 0.25) is 5.76 Å². The highest BCUT2D eigenvalue weighted by molar-refractivity contribution is 6.39. The Morgan fingerprint density at radius 2 is 1.68 bits per heavy atom. The van der Waals surface area contributed by atoms with Gasteiger partial charge in [0, 0.05) is 6.42 Å². The molecule has 0 spiro atoms. The van der Waals surface area contributed by atoms with Gasteiger partial charge in [-0.25, -0.2) is 10.2 Å². The number of nitrogens with one attached hydrogen (secondary N) is 2. The monoisotopic (exact) mass is 508 g/mol. The molecular formula is C29H24N4O5. The first-order valence-electron chi connectivity index (χ1n) is 11.8. The predicted molar refractivity (Wildman–Crippen MR) is 141 cm³/mol. The first-order valence-corrected chi connectivity index (χ1v) is 11.8. The fourth-order valence-corrected chi connectivity index (χ4v) is 4.19. The smallest absolute Gasteiger partial charge is 0.379 e. The molecule has 0 fully saturated rings. The van der Waals surface area contributed by atoms with Gasteiger partial charge < -0.3 is 13.9 Å². The Balaban J connectivity index is 1.26. The molecule has 1 aliphatic rings. The molecule has 0 bridgehead atoms. The largest absolute Gasteiger partial charge is 0.493 e. The number of furan rings is 1. The molecule has 0 saturated carbocycles. The standard InChI is InChI=1S/C29H24N4O5/c1-36-26-17-20(14-15-24(26)38-28(35)25-13-8-16-37-25)19-30-32-27(34)23-18-29(33-31-23,21-9-4-2-5-10-21)22-11-6-3-7-12-22/h2-17,19,33H,18H2,1H3,(H,32,34)/b30-19+. The highest BCUT2D eigenvalue weighted by Gasteiger charge is 2.41. The van der Waals surface area contributed by atoms with Crippen LogP contribution in [0.4, 0.5) is 0 Å². The van der Waals surface area contributed by atoms with E-state index in [1.54, 1.807) is 24.3 Å². The lowest BCUT2D eigenvalue weighted by Crippen LogP contribution is -2.38. The number of benzene rings is 3. The van der Waals surface area contributed by atoms with Crippen LogP contribution in [0.25, 0.3) is 0 Å². The maximum atomic E-state index is 12.9. The Kier molecular flexibility index (Phi) is 6.99. The Hall–Kier alpha value is -5.18. The SMILES string of the molecule is COc1cc(/C=N/NC(=O)C2=NNC(c3ccccc3)(c3ccccc3)C2)ccc1OC(=O)c1ccco1. The van der Waals surface area contributed by atoms with Crippen molar-refractivity contribution in [2.45, 2.75) is 12.0 Å². The van der Waals surface area contributed by atoms with Crippen LogP contribution in [-0.4, -0.2) is 30.9 Å². The van der Waals surface area contributed by atoms with E-state index in [4.69, 9.17) is 13.9 Å². The normalized spacial score (nSPS) is 14.0. The summed E-state index contributed by atoms with van der Waals surface area (Å²) < 4.78 is 15.7. The molecule has 38 heavy (non-hydrogen) atoms. The lowest BCUT2D eigenvalue weighted by molar-refractivity contribution is -0.114. The number of carbonyl (C=O) groups is 2. The maximum absolute atomic E-state index is 12.9. The number of methoxy groups -OCH3 is 1. The number of nitrogens with zero attached hydrogens (tertiary/aromatic N) is 2. The Labute approximate surface area is 218 Å². The molecule has 0 radical (unpaired) electrons. The highest BCUT2D eigenvalue weighted by Crippen LogP contribution is 2.36. The van der Waals surface area contributed by atoms with Gasteiger partial charge in [0.1, 0.15) is 11.3 Å². The first kappa shape index (κ1) is 24.5. The molecule has 1 aromatic heterocycles. The number of carbonyl (C=O) groups excluding carboxylic acids is 2. The summed E-state index contributed by atoms with van der Waals surface area (Å²) in [6.45, 7) is 0. The molecule has 190 valence electrons. The van der Waals surface area contributed by atoms with Crippen LogP contribution in [0.3, 0.4) is 0 Å². The van der Waals surface area contributed by atoms with Gasteiger partial charge in [-0.2, -0.15) is 10.2 Å². The van der Waals surface area contributed by atoms with E-state index in [9.17, 15) is 9.59 Å². The molecular weight excluding hydrogens is 484 g/mol. The number of ether oxygens (including phenoxy) is 2. The molecule has 0 unspecified atom stereocenters. The third kappa shape index (κ3) is 5.03. The molecule has 9 heteroatoms. The second kappa shape index (κ2) is 10.8. The zero-order valence-electron chi connectivity index (χ0n) is 20.5. The molecule has 2 heterocycles. The molecule has 0 saturated heterocycles. The van der Waals surface area contributed by atoms with Crippen LogP contribution < -0.4 is 20.3 Å². The summed E-state index contributed by atoms with van der Waals surface area (Å²) in [6.07, 6.45) is 3.20. The maximum Gasteiger partial charge on any atom is 0.379 e. The Bertz CT molecular complexity index is 1440. The van der Waals surface area contributed by atoms with Crippen LogP contribution in [-0.2, 0) is 10.3 Å². The molecule has 0 aliphatic carbocycles. The summed E-state index contributed by atoms with van der Waals surface area (Å²) in [5.74, 6) is -0.443. The number of hydrogen-bond acceptors (Lipinski definition) is 8. The Morgan fingerprint density at radius 1 is 0.974 bits per heavy atom. The van der Waals surface area contributed by atoms with Gasteiger partial charge in [-0.3, -0.25) is 10.2 Å². The lowest BCUT2D eigenvalue weighted by atomic mass is 9.80. The van der Waals surface area contributed by atoms with E-state index in [0.29, 0.717) is 23.4 Å². The summed E-state index contributed by atoms with van der Waals surface area (Å²) >= 11 is 0. The van der Waals surface area contributed by atoms with E-state index >= 15 is 0 Å². The first-order chi connectivity index (χ1) is 18.6. The average molecular weight is 509 g/mol. The van der Waals surface area contributed by atoms with Gasteiger partial charge in [-0.05, 0) is 47.0 Å². The van der Waals surface area contributed by atoms with Crippen molar-refractivity contribution in [3.63, 3.8) is 0 Å². The van der Waals surface area contributed by atoms with Crippen molar-refractivity contribution in [2.24, 2.45) is 10.2 Å². The summed E-state index contributed by atoms with van der Waals surface area (Å²) in [5.41, 5.74) is 8.03. The zero-order valence-corrected chi connectivity index (χ0v) is 20.5. The van der Waals surface area contributed by atoms with Crippen molar-refractivity contribution in [3.05, 3.63) is 120 Å². The molecule has 1 amide bonds. The van der Waals surface area contributed by atoms with Crippen molar-refractivity contribution >= 4 is 23.8 Å². The number of hydrazone groups is 2. The lowest BCUT2D eigenvalue weighted by Gasteiger charge is -2.30. The molecule has 5 rings (SSSR count). The van der Waals surface area contributed by atoms with Crippen LogP contribution in [0.5, 0.6) is 11.5 Å². The van der Waals surface area contributed by atoms with Gasteiger partial charge in [0.05, 0.1) is 19.6 Å². The number of hydrogen-bond donors (Lipinski definition) is 2. The van der Waals surface area contributed by atoms with E-state index in [1.807, 2.05) is 60.7 Å². The minimum atomic E-state index is -0.658. The van der Waals surface area contributed by atoms with Crippen LogP contribution in [0.1, 0.15) is 33.7 Å². The van der Waals surface area contributed by atoms with Gasteiger partial charge in [0.25, 0.3) is 5.91 Å². The van der Waals surface area contributed by atoms with Gasteiger partial charge in [-0.1, -0.05) is 60.7 Å². The Morgan fingerprint density at radius 3 is 2.32 bits per heavy atom. The second-order valence-electron chi connectivity index (χ2n) is 8.46. The fraction of sp³-hybridized carbons (Fsp3) is 0.103. The van der Waals surface area contributed by atoms with Crippen LogP contribution in [0.2, 0.25) is 0 Å². The van der Waals surface area contributed by atoms with Crippen molar-refractivity contribution in [3.8, 4) is 11.5 Å². The van der Waals surface area contributed by atoms with Crippen LogP contribution in [0, 0.1) is 0 Å². The van der Waals surface area contributed by atoms with E-state index in [2.05, 4.69) is 21.1 Å². The highest BCUT2D eigenvalue weighted by atomic mass is 16.6. The molecule has 9 nitrogen and oxygen atoms in total. The second-order valence-corrected chi connectivity index (χ2v) is 8.46. The fourth-order valence-electron chi connectivity index (χ4n) is 4.19. The van der Waals surface area contributed by atoms with Crippen molar-refractivity contribution in [2.75, 3.05) is 7.11 Å². The predicted octanol–water partition coefficient (Wildman–Crippen LogP) is 4.25. The number of rotatable bonds is 8. The van der Waals surface area contributed by atoms with Crippen LogP contribution in [0.15, 0.2) is 112 Å². The summed E-state index contributed by atoms with van der Waals surface area (Å²) in [4.78, 5) is 25.1. The molecule has 3 aromatic carbocycles. The molecule has 1 aliphatic heterocycles. The molecule has 0 atom stereocenters. The van der Waals surface area contributed by atoms with Crippen molar-refractivity contribution in [1.82, 2.24) is 10.9 Å². The minimum absolute atomic E-state index is 0.0771. The van der Waals surface area contributed by atoms with Crippen LogP contribution >= 0.6 is 0 Å². The van der Waals surface area contributed by atoms with Crippen molar-refractivity contribution in [1.29, 1.82) is 0 Å². The molecule has 4 aromatic rings. The quantitative estimate of drug-likeness (QED) is 0.159. The molecule has 2 N–H and O–H groups in total. The van der Waals surface area contributed by atoms with E-state index in [0.717, 1.165) is 11.1 Å². The third-order valence-corrected chi connectivity index (χ3v) is 6.10. The summed E-state index contributed by atoms with van der Waals surface area (Å²) in [7, 11) is 1.46. The zero-order chi connectivity index (χ0) is 26.4. The van der Waals surface area contributed by atoms with Crippen molar-refractivity contribution < 1.29 is 23.5 Å². The average Bonchev–Trinajstić information content (AvgIpc) is 3.67. The number of esters is 1.